The van der Waals surface area contributed by atoms with Crippen molar-refractivity contribution in [2.75, 3.05) is 13.1 Å². The summed E-state index contributed by atoms with van der Waals surface area (Å²) in [6, 6.07) is 2.18. The first kappa shape index (κ1) is 8.48. The summed E-state index contributed by atoms with van der Waals surface area (Å²) in [5.74, 6) is 0.664. The number of aryl methyl sites for hydroxylation is 1. The van der Waals surface area contributed by atoms with Crippen molar-refractivity contribution in [1.29, 1.82) is 0 Å². The number of hydrogen-bond donors (Lipinski definition) is 1. The molecule has 1 saturated heterocycles. The number of aromatic nitrogens is 2. The molecule has 0 radical (unpaired) electrons. The van der Waals surface area contributed by atoms with E-state index in [0.717, 1.165) is 6.54 Å². The predicted octanol–water partition coefficient (Wildman–Crippen LogP) is 1.28. The van der Waals surface area contributed by atoms with Gasteiger partial charge in [0.25, 0.3) is 0 Å². The average Bonchev–Trinajstić information content (AvgIpc) is 2.67. The van der Waals surface area contributed by atoms with Crippen LogP contribution in [0.3, 0.4) is 0 Å². The SMILES string of the molecule is Cn1ccc([C@H]2CNCC23CCC3)n1. The van der Waals surface area contributed by atoms with Crippen LogP contribution in [0.2, 0.25) is 0 Å². The first-order chi connectivity index (χ1) is 6.80. The number of nitrogens with one attached hydrogen (secondary N) is 1. The molecule has 1 spiro atoms. The fraction of sp³-hybridized carbons (Fsp3) is 0.727. The number of nitrogens with zero attached hydrogens (tertiary/aromatic N) is 2. The zero-order chi connectivity index (χ0) is 9.60. The van der Waals surface area contributed by atoms with E-state index in [1.54, 1.807) is 0 Å². The van der Waals surface area contributed by atoms with Crippen molar-refractivity contribution < 1.29 is 0 Å². The zero-order valence-electron chi connectivity index (χ0n) is 8.66. The standard InChI is InChI=1S/C11H17N3/c1-14-6-3-10(13-14)9-7-12-8-11(9)4-2-5-11/h3,6,9,12H,2,4-5,7-8H2,1H3/t9-/m1/s1. The highest BCUT2D eigenvalue weighted by Gasteiger charge is 2.48. The molecule has 2 fully saturated rings. The third-order valence-electron chi connectivity index (χ3n) is 4.01. The third kappa shape index (κ3) is 1.05. The van der Waals surface area contributed by atoms with Crippen molar-refractivity contribution in [3.63, 3.8) is 0 Å². The van der Waals surface area contributed by atoms with Gasteiger partial charge in [0.05, 0.1) is 5.69 Å². The molecule has 0 unspecified atom stereocenters. The van der Waals surface area contributed by atoms with Crippen molar-refractivity contribution in [3.05, 3.63) is 18.0 Å². The van der Waals surface area contributed by atoms with Gasteiger partial charge in [0.1, 0.15) is 0 Å². The van der Waals surface area contributed by atoms with Crippen molar-refractivity contribution in [2.45, 2.75) is 25.2 Å². The highest BCUT2D eigenvalue weighted by Crippen LogP contribution is 2.52. The van der Waals surface area contributed by atoms with E-state index < -0.39 is 0 Å². The second-order valence-electron chi connectivity index (χ2n) is 4.81. The van der Waals surface area contributed by atoms with Crippen LogP contribution in [0.1, 0.15) is 30.9 Å². The lowest BCUT2D eigenvalue weighted by Crippen LogP contribution is -2.36. The Balaban J connectivity index is 1.90. The van der Waals surface area contributed by atoms with Crippen molar-refractivity contribution >= 4 is 0 Å². The Bertz CT molecular complexity index is 338. The smallest absolute Gasteiger partial charge is 0.0674 e. The molecule has 1 atom stereocenters. The van der Waals surface area contributed by atoms with Crippen LogP contribution in [-0.4, -0.2) is 22.9 Å². The largest absolute Gasteiger partial charge is 0.315 e. The van der Waals surface area contributed by atoms with Crippen LogP contribution in [0, 0.1) is 5.41 Å². The Morgan fingerprint density at radius 1 is 1.57 bits per heavy atom. The molecule has 2 heterocycles. The first-order valence-corrected chi connectivity index (χ1v) is 5.50. The first-order valence-electron chi connectivity index (χ1n) is 5.50. The monoisotopic (exact) mass is 191 g/mol. The average molecular weight is 191 g/mol. The Hall–Kier alpha value is -0.830. The quantitative estimate of drug-likeness (QED) is 0.724. The van der Waals surface area contributed by atoms with E-state index in [2.05, 4.69) is 22.7 Å². The maximum Gasteiger partial charge on any atom is 0.0674 e. The molecule has 3 heteroatoms. The van der Waals surface area contributed by atoms with E-state index in [1.807, 2.05) is 11.7 Å². The molecule has 1 N–H and O–H groups in total. The maximum atomic E-state index is 4.55. The Kier molecular flexibility index (Phi) is 1.71. The van der Waals surface area contributed by atoms with Gasteiger partial charge in [-0.2, -0.15) is 5.10 Å². The number of hydrogen-bond acceptors (Lipinski definition) is 2. The van der Waals surface area contributed by atoms with Crippen LogP contribution in [0.5, 0.6) is 0 Å². The maximum absolute atomic E-state index is 4.55. The van der Waals surface area contributed by atoms with Gasteiger partial charge in [-0.05, 0) is 24.3 Å². The van der Waals surface area contributed by atoms with Gasteiger partial charge in [-0.3, -0.25) is 4.68 Å². The minimum Gasteiger partial charge on any atom is -0.315 e. The fourth-order valence-corrected chi connectivity index (χ4v) is 3.00. The van der Waals surface area contributed by atoms with Gasteiger partial charge in [-0.1, -0.05) is 6.42 Å². The molecule has 1 saturated carbocycles. The summed E-state index contributed by atoms with van der Waals surface area (Å²) < 4.78 is 1.92. The van der Waals surface area contributed by atoms with Crippen molar-refractivity contribution in [2.24, 2.45) is 12.5 Å². The third-order valence-corrected chi connectivity index (χ3v) is 4.01. The molecule has 2 aliphatic rings. The molecule has 1 aliphatic heterocycles. The zero-order valence-corrected chi connectivity index (χ0v) is 8.66. The Morgan fingerprint density at radius 2 is 2.43 bits per heavy atom. The number of rotatable bonds is 1. The summed E-state index contributed by atoms with van der Waals surface area (Å²) in [6.07, 6.45) is 6.24. The van der Waals surface area contributed by atoms with Gasteiger partial charge in [-0.15, -0.1) is 0 Å². The lowest BCUT2D eigenvalue weighted by molar-refractivity contribution is 0.135. The summed E-state index contributed by atoms with van der Waals surface area (Å²) in [5.41, 5.74) is 1.85. The highest BCUT2D eigenvalue weighted by atomic mass is 15.3. The molecule has 3 rings (SSSR count). The molecule has 1 aromatic heterocycles. The van der Waals surface area contributed by atoms with Crippen LogP contribution in [0.15, 0.2) is 12.3 Å². The van der Waals surface area contributed by atoms with Crippen LogP contribution in [-0.2, 0) is 7.05 Å². The van der Waals surface area contributed by atoms with E-state index in [1.165, 1.54) is 31.5 Å². The van der Waals surface area contributed by atoms with Crippen LogP contribution in [0.25, 0.3) is 0 Å². The normalized spacial score (nSPS) is 29.4. The summed E-state index contributed by atoms with van der Waals surface area (Å²) >= 11 is 0. The summed E-state index contributed by atoms with van der Waals surface area (Å²) in [6.45, 7) is 2.32. The summed E-state index contributed by atoms with van der Waals surface area (Å²) in [5, 5.41) is 8.07. The van der Waals surface area contributed by atoms with E-state index in [4.69, 9.17) is 0 Å². The summed E-state index contributed by atoms with van der Waals surface area (Å²) in [4.78, 5) is 0. The predicted molar refractivity (Wildman–Crippen MR) is 55.1 cm³/mol. The topological polar surface area (TPSA) is 29.9 Å². The second kappa shape index (κ2) is 2.83. The Morgan fingerprint density at radius 3 is 3.00 bits per heavy atom. The van der Waals surface area contributed by atoms with Gasteiger partial charge in [0.2, 0.25) is 0 Å². The summed E-state index contributed by atoms with van der Waals surface area (Å²) in [7, 11) is 2.00. The van der Waals surface area contributed by atoms with Gasteiger partial charge in [0.15, 0.2) is 0 Å². The van der Waals surface area contributed by atoms with E-state index in [-0.39, 0.29) is 0 Å². The molecule has 3 nitrogen and oxygen atoms in total. The van der Waals surface area contributed by atoms with Crippen molar-refractivity contribution in [3.8, 4) is 0 Å². The minimum atomic E-state index is 0.564. The van der Waals surface area contributed by atoms with E-state index in [0.29, 0.717) is 11.3 Å². The molecule has 0 aromatic carbocycles. The van der Waals surface area contributed by atoms with Crippen LogP contribution >= 0.6 is 0 Å². The van der Waals surface area contributed by atoms with Crippen LogP contribution < -0.4 is 5.32 Å². The lowest BCUT2D eigenvalue weighted by Gasteiger charge is -2.42. The molecule has 0 bridgehead atoms. The van der Waals surface area contributed by atoms with Gasteiger partial charge < -0.3 is 5.32 Å². The molecule has 14 heavy (non-hydrogen) atoms. The minimum absolute atomic E-state index is 0.564. The van der Waals surface area contributed by atoms with E-state index in [9.17, 15) is 0 Å². The molecule has 1 aliphatic carbocycles. The van der Waals surface area contributed by atoms with Crippen molar-refractivity contribution in [1.82, 2.24) is 15.1 Å². The van der Waals surface area contributed by atoms with Crippen LogP contribution in [0.4, 0.5) is 0 Å². The van der Waals surface area contributed by atoms with Gasteiger partial charge in [-0.25, -0.2) is 0 Å². The van der Waals surface area contributed by atoms with E-state index >= 15 is 0 Å². The van der Waals surface area contributed by atoms with Gasteiger partial charge >= 0.3 is 0 Å². The molecule has 1 aromatic rings. The molecule has 0 amide bonds. The second-order valence-corrected chi connectivity index (χ2v) is 4.81. The van der Waals surface area contributed by atoms with Gasteiger partial charge in [0, 0.05) is 32.3 Å². The highest BCUT2D eigenvalue weighted by molar-refractivity contribution is 5.18. The molecule has 76 valence electrons. The molecular weight excluding hydrogens is 174 g/mol. The Labute approximate surface area is 84.5 Å². The lowest BCUT2D eigenvalue weighted by atomic mass is 9.62. The fourth-order valence-electron chi connectivity index (χ4n) is 3.00. The molecular formula is C11H17N3.